The molecule has 3 nitrogen and oxygen atoms in total. The van der Waals surface area contributed by atoms with Crippen LogP contribution in [0, 0.1) is 0 Å². The van der Waals surface area contributed by atoms with Gasteiger partial charge < -0.3 is 9.13 Å². The number of rotatable bonds is 4. The Kier molecular flexibility index (Phi) is 3.75. The van der Waals surface area contributed by atoms with Crippen molar-refractivity contribution in [3.8, 4) is 0 Å². The smallest absolute Gasteiger partial charge is 0.0949 e. The molecule has 0 aliphatic heterocycles. The third kappa shape index (κ3) is 2.94. The van der Waals surface area contributed by atoms with Crippen molar-refractivity contribution in [3.63, 3.8) is 0 Å². The Balaban J connectivity index is 1.74. The van der Waals surface area contributed by atoms with Gasteiger partial charge in [0, 0.05) is 40.5 Å². The van der Waals surface area contributed by atoms with Crippen LogP contribution in [-0.2, 0) is 13.1 Å². The van der Waals surface area contributed by atoms with Crippen LogP contribution < -0.4 is 0 Å². The van der Waals surface area contributed by atoms with Crippen LogP contribution in [0.15, 0.2) is 77.9 Å². The van der Waals surface area contributed by atoms with Crippen LogP contribution in [0.1, 0.15) is 11.1 Å². The summed E-state index contributed by atoms with van der Waals surface area (Å²) in [5.74, 6) is 0. The van der Waals surface area contributed by atoms with Crippen LogP contribution in [0.4, 0.5) is 0 Å². The number of hydrogen-bond donors (Lipinski definition) is 0. The molecule has 4 aromatic rings. The molecule has 2 heterocycles. The Labute approximate surface area is 143 Å². The van der Waals surface area contributed by atoms with Gasteiger partial charge >= 0.3 is 0 Å². The van der Waals surface area contributed by atoms with Crippen LogP contribution in [0.2, 0.25) is 0 Å². The Morgan fingerprint density at radius 2 is 1.91 bits per heavy atom. The van der Waals surface area contributed by atoms with Gasteiger partial charge in [-0.2, -0.15) is 0 Å². The highest BCUT2D eigenvalue weighted by atomic mass is 79.9. The summed E-state index contributed by atoms with van der Waals surface area (Å²) < 4.78 is 5.54. The number of benzene rings is 2. The molecule has 4 rings (SSSR count). The van der Waals surface area contributed by atoms with Crippen molar-refractivity contribution in [2.24, 2.45) is 0 Å². The van der Waals surface area contributed by atoms with Crippen LogP contribution in [-0.4, -0.2) is 14.1 Å². The fourth-order valence-corrected chi connectivity index (χ4v) is 3.44. The third-order valence-electron chi connectivity index (χ3n) is 4.03. The van der Waals surface area contributed by atoms with E-state index in [4.69, 9.17) is 0 Å². The molecule has 23 heavy (non-hydrogen) atoms. The molecule has 0 aliphatic carbocycles. The third-order valence-corrected chi connectivity index (χ3v) is 4.52. The molecule has 0 saturated heterocycles. The maximum Gasteiger partial charge on any atom is 0.0949 e. The van der Waals surface area contributed by atoms with Gasteiger partial charge in [0.25, 0.3) is 0 Å². The fourth-order valence-electron chi connectivity index (χ4n) is 2.99. The van der Waals surface area contributed by atoms with Crippen molar-refractivity contribution in [1.29, 1.82) is 0 Å². The van der Waals surface area contributed by atoms with Crippen molar-refractivity contribution < 1.29 is 0 Å². The lowest BCUT2D eigenvalue weighted by Crippen LogP contribution is -1.98. The molecule has 2 aromatic heterocycles. The summed E-state index contributed by atoms with van der Waals surface area (Å²) in [6.45, 7) is 1.70. The zero-order valence-corrected chi connectivity index (χ0v) is 14.1. The molecular weight excluding hydrogens is 350 g/mol. The van der Waals surface area contributed by atoms with Gasteiger partial charge in [0.1, 0.15) is 0 Å². The summed E-state index contributed by atoms with van der Waals surface area (Å²) in [6, 6.07) is 17.0. The van der Waals surface area contributed by atoms with Gasteiger partial charge in [-0.05, 0) is 29.3 Å². The first-order valence-electron chi connectivity index (χ1n) is 7.56. The van der Waals surface area contributed by atoms with E-state index in [0.29, 0.717) is 0 Å². The number of hydrogen-bond acceptors (Lipinski definition) is 1. The van der Waals surface area contributed by atoms with Crippen molar-refractivity contribution in [1.82, 2.24) is 14.1 Å². The van der Waals surface area contributed by atoms with Gasteiger partial charge in [-0.15, -0.1) is 0 Å². The van der Waals surface area contributed by atoms with Crippen LogP contribution in [0.5, 0.6) is 0 Å². The lowest BCUT2D eigenvalue weighted by atomic mass is 10.2. The molecule has 0 aliphatic rings. The standard InChI is InChI=1S/C19H16BrN3/c20-17-5-3-4-15(10-17)11-23-13-16(12-22-9-8-21-14-22)18-6-1-2-7-19(18)23/h1-10,13-14H,11-12H2. The Morgan fingerprint density at radius 3 is 2.74 bits per heavy atom. The predicted octanol–water partition coefficient (Wildman–Crippen LogP) is 4.70. The van der Waals surface area contributed by atoms with Crippen molar-refractivity contribution in [3.05, 3.63) is 89.0 Å². The highest BCUT2D eigenvalue weighted by Gasteiger charge is 2.09. The second-order valence-electron chi connectivity index (χ2n) is 5.66. The zero-order chi connectivity index (χ0) is 15.6. The van der Waals surface area contributed by atoms with Gasteiger partial charge in [0.05, 0.1) is 12.9 Å². The summed E-state index contributed by atoms with van der Waals surface area (Å²) in [6.07, 6.45) is 7.94. The average Bonchev–Trinajstić information content (AvgIpc) is 3.17. The van der Waals surface area contributed by atoms with Crippen molar-refractivity contribution >= 4 is 26.8 Å². The summed E-state index contributed by atoms with van der Waals surface area (Å²) in [4.78, 5) is 4.13. The SMILES string of the molecule is Brc1cccc(Cn2cc(Cn3ccnc3)c3ccccc32)c1. The first kappa shape index (κ1) is 14.3. The van der Waals surface area contributed by atoms with Gasteiger partial charge in [-0.3, -0.25) is 0 Å². The van der Waals surface area contributed by atoms with Gasteiger partial charge in [0.2, 0.25) is 0 Å². The minimum Gasteiger partial charge on any atom is -0.343 e. The van der Waals surface area contributed by atoms with Gasteiger partial charge in [0.15, 0.2) is 0 Å². The maximum absolute atomic E-state index is 4.13. The second kappa shape index (κ2) is 6.05. The molecule has 0 unspecified atom stereocenters. The van der Waals surface area contributed by atoms with E-state index in [0.717, 1.165) is 17.6 Å². The number of imidazole rings is 1. The normalized spacial score (nSPS) is 11.2. The average molecular weight is 366 g/mol. The summed E-state index contributed by atoms with van der Waals surface area (Å²) >= 11 is 3.55. The van der Waals surface area contributed by atoms with Crippen LogP contribution in [0.3, 0.4) is 0 Å². The molecule has 0 N–H and O–H groups in total. The molecule has 0 spiro atoms. The van der Waals surface area contributed by atoms with Gasteiger partial charge in [-0.25, -0.2) is 4.98 Å². The summed E-state index contributed by atoms with van der Waals surface area (Å²) in [5.41, 5.74) is 3.87. The molecule has 0 amide bonds. The van der Waals surface area contributed by atoms with Gasteiger partial charge in [-0.1, -0.05) is 46.3 Å². The quantitative estimate of drug-likeness (QED) is 0.514. The second-order valence-corrected chi connectivity index (χ2v) is 6.58. The molecular formula is C19H16BrN3. The largest absolute Gasteiger partial charge is 0.343 e. The summed E-state index contributed by atoms with van der Waals surface area (Å²) in [7, 11) is 0. The van der Waals surface area contributed by atoms with E-state index in [1.165, 1.54) is 22.0 Å². The Bertz CT molecular complexity index is 938. The van der Waals surface area contributed by atoms with Crippen molar-refractivity contribution in [2.45, 2.75) is 13.1 Å². The molecule has 0 radical (unpaired) electrons. The molecule has 0 atom stereocenters. The number of nitrogens with zero attached hydrogens (tertiary/aromatic N) is 3. The summed E-state index contributed by atoms with van der Waals surface area (Å²) in [5, 5.41) is 1.30. The number of fused-ring (bicyclic) bond motifs is 1. The molecule has 114 valence electrons. The zero-order valence-electron chi connectivity index (χ0n) is 12.6. The van der Waals surface area contributed by atoms with E-state index in [1.54, 1.807) is 0 Å². The van der Waals surface area contributed by atoms with Crippen molar-refractivity contribution in [2.75, 3.05) is 0 Å². The number of para-hydroxylation sites is 1. The Morgan fingerprint density at radius 1 is 1.00 bits per heavy atom. The predicted molar refractivity (Wildman–Crippen MR) is 96.5 cm³/mol. The highest BCUT2D eigenvalue weighted by molar-refractivity contribution is 9.10. The number of halogens is 1. The molecule has 0 saturated carbocycles. The lowest BCUT2D eigenvalue weighted by molar-refractivity contribution is 0.782. The van der Waals surface area contributed by atoms with E-state index in [-0.39, 0.29) is 0 Å². The molecule has 4 heteroatoms. The lowest BCUT2D eigenvalue weighted by Gasteiger charge is -2.06. The molecule has 0 bridgehead atoms. The van der Waals surface area contributed by atoms with E-state index in [2.05, 4.69) is 84.8 Å². The molecule has 0 fully saturated rings. The van der Waals surface area contributed by atoms with Crippen LogP contribution >= 0.6 is 15.9 Å². The fraction of sp³-hybridized carbons (Fsp3) is 0.105. The van der Waals surface area contributed by atoms with Crippen LogP contribution in [0.25, 0.3) is 10.9 Å². The van der Waals surface area contributed by atoms with E-state index in [9.17, 15) is 0 Å². The highest BCUT2D eigenvalue weighted by Crippen LogP contribution is 2.24. The maximum atomic E-state index is 4.13. The van der Waals surface area contributed by atoms with E-state index in [1.807, 2.05) is 18.7 Å². The minimum absolute atomic E-state index is 0.839. The number of aromatic nitrogens is 3. The topological polar surface area (TPSA) is 22.8 Å². The first-order chi connectivity index (χ1) is 11.3. The molecule has 2 aromatic carbocycles. The monoisotopic (exact) mass is 365 g/mol. The van der Waals surface area contributed by atoms with E-state index >= 15 is 0 Å². The minimum atomic E-state index is 0.839. The Hall–Kier alpha value is -2.33. The first-order valence-corrected chi connectivity index (χ1v) is 8.36. The van der Waals surface area contributed by atoms with E-state index < -0.39 is 0 Å².